The molecule has 2 saturated carbocycles. The standard InChI is InChI=1S/C29H47N11O6/c30-20-10-22(32)28(26(43)24(20)41)45-8-2-6-18-14-39(37-35-18)12-16-4-1-5-17(34-16)13-40-15-19(36-38-40)7-3-9-46-29-23(33)11-21(31)25(42)27(29)44/h1,4-5,14-15,20-29,41-44H,2-3,6-13,30-33H2/t20-,21-,22+,23+,24+,25+,26-,27-,28-,29-/m1/s1. The maximum atomic E-state index is 10.2. The first-order valence-electron chi connectivity index (χ1n) is 15.8. The number of rotatable bonds is 14. The number of nitrogens with two attached hydrogens (primary N) is 4. The van der Waals surface area contributed by atoms with Crippen molar-refractivity contribution in [1.82, 2.24) is 35.0 Å². The van der Waals surface area contributed by atoms with Crippen molar-refractivity contribution in [1.29, 1.82) is 0 Å². The molecule has 2 aliphatic rings. The number of aliphatic hydroxyl groups excluding tert-OH is 4. The summed E-state index contributed by atoms with van der Waals surface area (Å²) in [5, 5.41) is 57.5. The Balaban J connectivity index is 1.03. The number of pyridine rings is 1. The number of aliphatic hydroxyl groups is 4. The van der Waals surface area contributed by atoms with Crippen LogP contribution in [0.5, 0.6) is 0 Å². The van der Waals surface area contributed by atoms with Crippen LogP contribution in [0.4, 0.5) is 0 Å². The zero-order chi connectivity index (χ0) is 32.8. The summed E-state index contributed by atoms with van der Waals surface area (Å²) >= 11 is 0. The minimum absolute atomic E-state index is 0.353. The lowest BCUT2D eigenvalue weighted by Gasteiger charge is -2.39. The molecule has 17 heteroatoms. The van der Waals surface area contributed by atoms with Gasteiger partial charge in [-0.2, -0.15) is 0 Å². The van der Waals surface area contributed by atoms with Gasteiger partial charge in [-0.1, -0.05) is 16.5 Å². The molecule has 0 aliphatic heterocycles. The average Bonchev–Trinajstić information content (AvgIpc) is 3.67. The highest BCUT2D eigenvalue weighted by molar-refractivity contribution is 5.12. The second-order valence-corrected chi connectivity index (χ2v) is 12.4. The molecule has 10 atom stereocenters. The molecule has 0 spiro atoms. The van der Waals surface area contributed by atoms with E-state index in [4.69, 9.17) is 37.4 Å². The zero-order valence-electron chi connectivity index (χ0n) is 25.8. The molecule has 0 aromatic carbocycles. The Kier molecular flexibility index (Phi) is 11.8. The summed E-state index contributed by atoms with van der Waals surface area (Å²) < 4.78 is 15.0. The number of aryl methyl sites for hydroxylation is 2. The summed E-state index contributed by atoms with van der Waals surface area (Å²) in [6, 6.07) is 3.79. The topological polar surface area (TPSA) is 278 Å². The maximum Gasteiger partial charge on any atom is 0.109 e. The third-order valence-corrected chi connectivity index (χ3v) is 8.64. The van der Waals surface area contributed by atoms with Gasteiger partial charge < -0.3 is 52.8 Å². The molecular weight excluding hydrogens is 598 g/mol. The number of aromatic nitrogens is 7. The van der Waals surface area contributed by atoms with E-state index in [-0.39, 0.29) is 0 Å². The first-order chi connectivity index (χ1) is 22.1. The van der Waals surface area contributed by atoms with Crippen LogP contribution in [-0.4, -0.2) is 129 Å². The van der Waals surface area contributed by atoms with E-state index in [9.17, 15) is 20.4 Å². The van der Waals surface area contributed by atoms with E-state index in [0.29, 0.717) is 64.8 Å². The van der Waals surface area contributed by atoms with Crippen molar-refractivity contribution in [3.8, 4) is 0 Å². The van der Waals surface area contributed by atoms with Crippen LogP contribution in [0.3, 0.4) is 0 Å². The van der Waals surface area contributed by atoms with Crippen LogP contribution in [0.25, 0.3) is 0 Å². The molecule has 5 rings (SSSR count). The quantitative estimate of drug-likeness (QED) is 0.0792. The Morgan fingerprint density at radius 3 is 1.50 bits per heavy atom. The van der Waals surface area contributed by atoms with Gasteiger partial charge in [0.25, 0.3) is 0 Å². The third kappa shape index (κ3) is 8.68. The Hall–Kier alpha value is -2.97. The highest BCUT2D eigenvalue weighted by Gasteiger charge is 2.42. The van der Waals surface area contributed by atoms with Gasteiger partial charge in [0, 0.05) is 49.8 Å². The van der Waals surface area contributed by atoms with Crippen LogP contribution in [0.2, 0.25) is 0 Å². The fourth-order valence-corrected chi connectivity index (χ4v) is 6.07. The van der Waals surface area contributed by atoms with Crippen molar-refractivity contribution in [2.24, 2.45) is 22.9 Å². The normalized spacial score (nSPS) is 31.7. The fourth-order valence-electron chi connectivity index (χ4n) is 6.07. The van der Waals surface area contributed by atoms with Crippen LogP contribution in [0.15, 0.2) is 30.6 Å². The van der Waals surface area contributed by atoms with Gasteiger partial charge in [-0.25, -0.2) is 9.36 Å². The van der Waals surface area contributed by atoms with Gasteiger partial charge in [0.2, 0.25) is 0 Å². The minimum atomic E-state index is -1.11. The van der Waals surface area contributed by atoms with Crippen LogP contribution in [0, 0.1) is 0 Å². The van der Waals surface area contributed by atoms with E-state index in [2.05, 4.69) is 20.6 Å². The average molecular weight is 646 g/mol. The van der Waals surface area contributed by atoms with Gasteiger partial charge in [0.15, 0.2) is 0 Å². The minimum Gasteiger partial charge on any atom is -0.389 e. The molecule has 17 nitrogen and oxygen atoms in total. The molecular formula is C29H47N11O6. The SMILES string of the molecule is N[C@@H]1C[C@H](N)[C@@H](OCCCc2cn(Cc3cccc(Cn4cc(CCCO[C@H]5[C@H](O)[C@@H](O)[C@H](N)C[C@@H]5N)nn4)n3)nn2)[C@H](O)[C@H]1O. The lowest BCUT2D eigenvalue weighted by molar-refractivity contribution is -0.127. The second-order valence-electron chi connectivity index (χ2n) is 12.4. The molecule has 3 aromatic rings. The van der Waals surface area contributed by atoms with Crippen molar-refractivity contribution in [3.63, 3.8) is 0 Å². The lowest BCUT2D eigenvalue weighted by Crippen LogP contribution is -2.62. The van der Waals surface area contributed by atoms with Crippen LogP contribution in [-0.2, 0) is 35.4 Å². The van der Waals surface area contributed by atoms with Crippen molar-refractivity contribution < 1.29 is 29.9 Å². The Bertz CT molecular complexity index is 1280. The molecule has 3 aromatic heterocycles. The van der Waals surface area contributed by atoms with Gasteiger partial charge in [-0.05, 0) is 50.7 Å². The zero-order valence-corrected chi connectivity index (χ0v) is 25.8. The highest BCUT2D eigenvalue weighted by atomic mass is 16.5. The van der Waals surface area contributed by atoms with Gasteiger partial charge in [0.1, 0.15) is 24.4 Å². The van der Waals surface area contributed by atoms with E-state index < -0.39 is 60.8 Å². The van der Waals surface area contributed by atoms with Crippen LogP contribution < -0.4 is 22.9 Å². The smallest absolute Gasteiger partial charge is 0.109 e. The summed E-state index contributed by atoms with van der Waals surface area (Å²) in [6.45, 7) is 1.60. The van der Waals surface area contributed by atoms with E-state index in [0.717, 1.165) is 22.8 Å². The van der Waals surface area contributed by atoms with Crippen molar-refractivity contribution in [3.05, 3.63) is 53.4 Å². The van der Waals surface area contributed by atoms with Gasteiger partial charge in [0.05, 0.1) is 48.1 Å². The van der Waals surface area contributed by atoms with E-state index >= 15 is 0 Å². The van der Waals surface area contributed by atoms with E-state index in [1.807, 2.05) is 30.6 Å². The molecule has 2 aliphatic carbocycles. The Morgan fingerprint density at radius 1 is 0.630 bits per heavy atom. The van der Waals surface area contributed by atoms with E-state index in [1.165, 1.54) is 0 Å². The van der Waals surface area contributed by atoms with Crippen molar-refractivity contribution in [2.45, 2.75) is 112 Å². The summed E-state index contributed by atoms with van der Waals surface area (Å²) in [6.07, 6.45) is 1.41. The maximum absolute atomic E-state index is 10.2. The monoisotopic (exact) mass is 645 g/mol. The molecule has 46 heavy (non-hydrogen) atoms. The van der Waals surface area contributed by atoms with Crippen molar-refractivity contribution >= 4 is 0 Å². The highest BCUT2D eigenvalue weighted by Crippen LogP contribution is 2.22. The predicted molar refractivity (Wildman–Crippen MR) is 164 cm³/mol. The number of hydrogen-bond acceptors (Lipinski definition) is 15. The molecule has 0 bridgehead atoms. The number of ether oxygens (including phenoxy) is 2. The van der Waals surface area contributed by atoms with Gasteiger partial charge in [-0.3, -0.25) is 4.98 Å². The molecule has 0 saturated heterocycles. The fraction of sp³-hybridized carbons (Fsp3) is 0.690. The molecule has 2 fully saturated rings. The van der Waals surface area contributed by atoms with Crippen LogP contribution >= 0.6 is 0 Å². The van der Waals surface area contributed by atoms with Crippen molar-refractivity contribution in [2.75, 3.05) is 13.2 Å². The summed E-state index contributed by atoms with van der Waals surface area (Å²) in [4.78, 5) is 4.74. The first-order valence-corrected chi connectivity index (χ1v) is 15.8. The van der Waals surface area contributed by atoms with Gasteiger partial charge in [-0.15, -0.1) is 10.2 Å². The first kappa shape index (κ1) is 34.4. The molecule has 0 unspecified atom stereocenters. The number of hydrogen-bond donors (Lipinski definition) is 8. The summed E-state index contributed by atoms with van der Waals surface area (Å²) in [5.74, 6) is 0. The predicted octanol–water partition coefficient (Wildman–Crippen LogP) is -3.44. The summed E-state index contributed by atoms with van der Waals surface area (Å²) in [7, 11) is 0. The second kappa shape index (κ2) is 15.7. The number of nitrogens with zero attached hydrogens (tertiary/aromatic N) is 7. The molecule has 12 N–H and O–H groups in total. The molecule has 0 radical (unpaired) electrons. The van der Waals surface area contributed by atoms with Gasteiger partial charge >= 0.3 is 0 Å². The van der Waals surface area contributed by atoms with E-state index in [1.54, 1.807) is 9.36 Å². The third-order valence-electron chi connectivity index (χ3n) is 8.64. The van der Waals surface area contributed by atoms with Crippen LogP contribution in [0.1, 0.15) is 48.5 Å². The molecule has 3 heterocycles. The molecule has 254 valence electrons. The molecule has 0 amide bonds. The Morgan fingerprint density at radius 2 is 1.07 bits per heavy atom. The summed E-state index contributed by atoms with van der Waals surface area (Å²) in [5.41, 5.74) is 27.0. The largest absolute Gasteiger partial charge is 0.389 e. The lowest BCUT2D eigenvalue weighted by atomic mass is 9.85. The Labute approximate surface area is 266 Å².